The molecule has 1 saturated carbocycles. The molecule has 0 unspecified atom stereocenters. The zero-order valence-electron chi connectivity index (χ0n) is 14.6. The van der Waals surface area contributed by atoms with Gasteiger partial charge < -0.3 is 9.80 Å². The Morgan fingerprint density at radius 1 is 1.05 bits per heavy atom. The van der Waals surface area contributed by atoms with Crippen molar-refractivity contribution in [3.63, 3.8) is 0 Å². The molecule has 0 aromatic carbocycles. The number of likely N-dealkylation sites (tertiary alicyclic amines) is 2. The van der Waals surface area contributed by atoms with Crippen molar-refractivity contribution in [3.05, 3.63) is 0 Å². The fourth-order valence-electron chi connectivity index (χ4n) is 4.93. The maximum atomic E-state index is 12.7. The molecular formula is C19H34N2O. The molecule has 0 aromatic heterocycles. The first-order valence-electron chi connectivity index (χ1n) is 9.60. The molecule has 2 saturated heterocycles. The van der Waals surface area contributed by atoms with E-state index in [4.69, 9.17) is 0 Å². The van der Waals surface area contributed by atoms with Crippen molar-refractivity contribution < 1.29 is 4.79 Å². The second-order valence-corrected chi connectivity index (χ2v) is 8.40. The number of hydrogen-bond acceptors (Lipinski definition) is 2. The number of hydrogen-bond donors (Lipinski definition) is 0. The van der Waals surface area contributed by atoms with Gasteiger partial charge in [-0.25, -0.2) is 0 Å². The van der Waals surface area contributed by atoms with Crippen LogP contribution in [0.4, 0.5) is 0 Å². The summed E-state index contributed by atoms with van der Waals surface area (Å²) in [5.41, 5.74) is 0.439. The summed E-state index contributed by atoms with van der Waals surface area (Å²) in [6, 6.07) is 0.668. The summed E-state index contributed by atoms with van der Waals surface area (Å²) in [6.07, 6.45) is 11.2. The Hall–Kier alpha value is -0.570. The van der Waals surface area contributed by atoms with Crippen LogP contribution in [0.25, 0.3) is 0 Å². The van der Waals surface area contributed by atoms with Crippen molar-refractivity contribution in [1.29, 1.82) is 0 Å². The molecule has 2 aliphatic heterocycles. The van der Waals surface area contributed by atoms with Crippen LogP contribution in [0.15, 0.2) is 0 Å². The van der Waals surface area contributed by atoms with Gasteiger partial charge in [0.15, 0.2) is 0 Å². The van der Waals surface area contributed by atoms with Gasteiger partial charge in [0.05, 0.1) is 0 Å². The minimum Gasteiger partial charge on any atom is -0.342 e. The molecule has 22 heavy (non-hydrogen) atoms. The van der Waals surface area contributed by atoms with Gasteiger partial charge in [0.2, 0.25) is 5.91 Å². The fourth-order valence-corrected chi connectivity index (χ4v) is 4.93. The topological polar surface area (TPSA) is 23.6 Å². The Morgan fingerprint density at radius 2 is 1.73 bits per heavy atom. The third kappa shape index (κ3) is 3.67. The first kappa shape index (κ1) is 16.3. The van der Waals surface area contributed by atoms with Crippen LogP contribution in [-0.4, -0.2) is 47.9 Å². The Labute approximate surface area is 136 Å². The van der Waals surface area contributed by atoms with Crippen LogP contribution in [0, 0.1) is 11.3 Å². The molecule has 0 N–H and O–H groups in total. The van der Waals surface area contributed by atoms with E-state index in [9.17, 15) is 4.79 Å². The third-order valence-electron chi connectivity index (χ3n) is 6.54. The summed E-state index contributed by atoms with van der Waals surface area (Å²) in [5.74, 6) is 1.14. The second-order valence-electron chi connectivity index (χ2n) is 8.40. The molecule has 126 valence electrons. The van der Waals surface area contributed by atoms with Crippen LogP contribution < -0.4 is 0 Å². The van der Waals surface area contributed by atoms with E-state index < -0.39 is 0 Å². The van der Waals surface area contributed by atoms with Gasteiger partial charge in [-0.2, -0.15) is 0 Å². The normalized spacial score (nSPS) is 27.0. The standard InChI is InChI=1S/C19H34N2O/c1-16(2)20-12-9-19(10-13-20)8-5-11-21(15-19)18(22)14-17-6-3-4-7-17/h16-17H,3-15H2,1-2H3. The molecule has 0 atom stereocenters. The molecule has 3 nitrogen and oxygen atoms in total. The summed E-state index contributed by atoms with van der Waals surface area (Å²) in [4.78, 5) is 17.5. The average molecular weight is 306 g/mol. The molecule has 3 rings (SSSR count). The van der Waals surface area contributed by atoms with E-state index in [1.165, 1.54) is 64.5 Å². The van der Waals surface area contributed by atoms with Gasteiger partial charge in [-0.05, 0) is 76.8 Å². The van der Waals surface area contributed by atoms with E-state index in [2.05, 4.69) is 23.6 Å². The van der Waals surface area contributed by atoms with E-state index in [0.717, 1.165) is 19.5 Å². The first-order chi connectivity index (χ1) is 10.6. The average Bonchev–Trinajstić information content (AvgIpc) is 3.01. The molecule has 0 radical (unpaired) electrons. The molecule has 1 spiro atoms. The lowest BCUT2D eigenvalue weighted by Gasteiger charge is -2.48. The molecule has 0 aromatic rings. The van der Waals surface area contributed by atoms with Crippen LogP contribution in [-0.2, 0) is 4.79 Å². The van der Waals surface area contributed by atoms with E-state index in [-0.39, 0.29) is 0 Å². The number of nitrogens with zero attached hydrogens (tertiary/aromatic N) is 2. The summed E-state index contributed by atoms with van der Waals surface area (Å²) >= 11 is 0. The van der Waals surface area contributed by atoms with Crippen molar-refractivity contribution in [2.24, 2.45) is 11.3 Å². The highest BCUT2D eigenvalue weighted by atomic mass is 16.2. The molecular weight excluding hydrogens is 272 g/mol. The minimum absolute atomic E-state index is 0.439. The highest BCUT2D eigenvalue weighted by molar-refractivity contribution is 5.76. The van der Waals surface area contributed by atoms with E-state index >= 15 is 0 Å². The number of carbonyl (C=O) groups excluding carboxylic acids is 1. The molecule has 0 bridgehead atoms. The first-order valence-corrected chi connectivity index (χ1v) is 9.60. The largest absolute Gasteiger partial charge is 0.342 e. The summed E-state index contributed by atoms with van der Waals surface area (Å²) in [5, 5.41) is 0. The number of amides is 1. The van der Waals surface area contributed by atoms with Crippen LogP contribution in [0.3, 0.4) is 0 Å². The third-order valence-corrected chi connectivity index (χ3v) is 6.54. The zero-order valence-corrected chi connectivity index (χ0v) is 14.6. The van der Waals surface area contributed by atoms with Crippen molar-refractivity contribution in [1.82, 2.24) is 9.80 Å². The lowest BCUT2D eigenvalue weighted by atomic mass is 9.72. The summed E-state index contributed by atoms with van der Waals surface area (Å²) < 4.78 is 0. The Bertz CT molecular complexity index is 379. The van der Waals surface area contributed by atoms with E-state index in [0.29, 0.717) is 23.3 Å². The number of rotatable bonds is 3. The molecule has 1 amide bonds. The van der Waals surface area contributed by atoms with Gasteiger partial charge in [0, 0.05) is 25.6 Å². The summed E-state index contributed by atoms with van der Waals surface area (Å²) in [6.45, 7) is 9.11. The van der Waals surface area contributed by atoms with Crippen molar-refractivity contribution in [2.75, 3.05) is 26.2 Å². The molecule has 3 aliphatic rings. The lowest BCUT2D eigenvalue weighted by Crippen LogP contribution is -2.52. The predicted octanol–water partition coefficient (Wildman–Crippen LogP) is 3.68. The Balaban J connectivity index is 1.54. The summed E-state index contributed by atoms with van der Waals surface area (Å²) in [7, 11) is 0. The Morgan fingerprint density at radius 3 is 2.36 bits per heavy atom. The highest BCUT2D eigenvalue weighted by Gasteiger charge is 2.40. The van der Waals surface area contributed by atoms with E-state index in [1.54, 1.807) is 0 Å². The minimum atomic E-state index is 0.439. The van der Waals surface area contributed by atoms with Crippen LogP contribution >= 0.6 is 0 Å². The van der Waals surface area contributed by atoms with Crippen molar-refractivity contribution in [3.8, 4) is 0 Å². The quantitative estimate of drug-likeness (QED) is 0.794. The Kier molecular flexibility index (Phi) is 5.11. The van der Waals surface area contributed by atoms with Gasteiger partial charge in [-0.15, -0.1) is 0 Å². The second kappa shape index (κ2) is 6.90. The number of piperidine rings is 2. The zero-order chi connectivity index (χ0) is 15.6. The molecule has 3 fully saturated rings. The van der Waals surface area contributed by atoms with Gasteiger partial charge in [-0.3, -0.25) is 4.79 Å². The van der Waals surface area contributed by atoms with Gasteiger partial charge >= 0.3 is 0 Å². The van der Waals surface area contributed by atoms with Crippen LogP contribution in [0.1, 0.15) is 71.6 Å². The lowest BCUT2D eigenvalue weighted by molar-refractivity contribution is -0.136. The number of carbonyl (C=O) groups is 1. The molecule has 1 aliphatic carbocycles. The highest BCUT2D eigenvalue weighted by Crippen LogP contribution is 2.40. The maximum Gasteiger partial charge on any atom is 0.222 e. The van der Waals surface area contributed by atoms with Gasteiger partial charge in [0.1, 0.15) is 0 Å². The van der Waals surface area contributed by atoms with Crippen LogP contribution in [0.5, 0.6) is 0 Å². The van der Waals surface area contributed by atoms with Crippen molar-refractivity contribution in [2.45, 2.75) is 77.7 Å². The maximum absolute atomic E-state index is 12.7. The van der Waals surface area contributed by atoms with Crippen molar-refractivity contribution >= 4 is 5.91 Å². The van der Waals surface area contributed by atoms with E-state index in [1.807, 2.05) is 0 Å². The van der Waals surface area contributed by atoms with Gasteiger partial charge in [0.25, 0.3) is 0 Å². The monoisotopic (exact) mass is 306 g/mol. The SMILES string of the molecule is CC(C)N1CCC2(CCCN(C(=O)CC3CCCC3)C2)CC1. The smallest absolute Gasteiger partial charge is 0.222 e. The fraction of sp³-hybridized carbons (Fsp3) is 0.947. The molecule has 3 heteroatoms. The van der Waals surface area contributed by atoms with Gasteiger partial charge in [-0.1, -0.05) is 12.8 Å². The predicted molar refractivity (Wildman–Crippen MR) is 90.8 cm³/mol. The van der Waals surface area contributed by atoms with Crippen LogP contribution in [0.2, 0.25) is 0 Å². The molecule has 2 heterocycles.